The molecular formula is C17H13F3N2O3. The molecule has 1 N–H and O–H groups in total. The van der Waals surface area contributed by atoms with Gasteiger partial charge in [0.2, 0.25) is 0 Å². The summed E-state index contributed by atoms with van der Waals surface area (Å²) >= 11 is 0. The lowest BCUT2D eigenvalue weighted by Gasteiger charge is -2.12. The fraction of sp³-hybridized carbons (Fsp3) is 0.176. The number of benzene rings is 2. The Balaban J connectivity index is 2.05. The summed E-state index contributed by atoms with van der Waals surface area (Å²) in [6, 6.07) is 7.92. The van der Waals surface area contributed by atoms with E-state index in [0.29, 0.717) is 18.2 Å². The van der Waals surface area contributed by atoms with Crippen LogP contribution in [0.4, 0.5) is 18.9 Å². The minimum absolute atomic E-state index is 0.210. The third-order valence-electron chi connectivity index (χ3n) is 3.04. The first-order valence-electron chi connectivity index (χ1n) is 7.19. The molecular weight excluding hydrogens is 337 g/mol. The van der Waals surface area contributed by atoms with Gasteiger partial charge in [-0.05, 0) is 31.2 Å². The molecule has 1 amide bonds. The third kappa shape index (κ3) is 4.41. The predicted octanol–water partition coefficient (Wildman–Crippen LogP) is 3.39. The number of halogens is 3. The summed E-state index contributed by atoms with van der Waals surface area (Å²) in [6.07, 6.45) is 0. The topological polar surface area (TPSA) is 71.3 Å². The van der Waals surface area contributed by atoms with Gasteiger partial charge < -0.3 is 14.8 Å². The maximum absolute atomic E-state index is 13.5. The minimum atomic E-state index is -1.68. The number of nitriles is 1. The van der Waals surface area contributed by atoms with E-state index in [1.807, 2.05) is 6.07 Å². The Labute approximate surface area is 141 Å². The van der Waals surface area contributed by atoms with Gasteiger partial charge in [-0.2, -0.15) is 5.26 Å². The van der Waals surface area contributed by atoms with Crippen molar-refractivity contribution in [1.82, 2.24) is 0 Å². The zero-order chi connectivity index (χ0) is 18.4. The molecule has 0 fully saturated rings. The van der Waals surface area contributed by atoms with Gasteiger partial charge in [0.15, 0.2) is 35.6 Å². The standard InChI is InChI=1S/C17H13F3N2O3/c1-2-24-14-7-10(8-21)3-6-13(14)25-9-15(23)22-12-5-4-11(18)16(19)17(12)20/h3-7H,2,9H2,1H3,(H,22,23). The Kier molecular flexibility index (Phi) is 5.84. The van der Waals surface area contributed by atoms with E-state index >= 15 is 0 Å². The summed E-state index contributed by atoms with van der Waals surface area (Å²) in [5.41, 5.74) is -0.151. The van der Waals surface area contributed by atoms with Crippen LogP contribution < -0.4 is 14.8 Å². The number of amides is 1. The summed E-state index contributed by atoms with van der Waals surface area (Å²) < 4.78 is 50.1. The molecule has 130 valence electrons. The maximum atomic E-state index is 13.5. The molecule has 2 aromatic carbocycles. The fourth-order valence-corrected chi connectivity index (χ4v) is 1.92. The molecule has 25 heavy (non-hydrogen) atoms. The highest BCUT2D eigenvalue weighted by atomic mass is 19.2. The number of hydrogen-bond donors (Lipinski definition) is 1. The molecule has 0 aliphatic rings. The van der Waals surface area contributed by atoms with Gasteiger partial charge in [-0.1, -0.05) is 0 Å². The highest BCUT2D eigenvalue weighted by Gasteiger charge is 2.16. The van der Waals surface area contributed by atoms with E-state index in [9.17, 15) is 18.0 Å². The number of carbonyl (C=O) groups excluding carboxylic acids is 1. The van der Waals surface area contributed by atoms with Crippen LogP contribution in [0.15, 0.2) is 30.3 Å². The Morgan fingerprint density at radius 2 is 1.88 bits per heavy atom. The molecule has 0 spiro atoms. The van der Waals surface area contributed by atoms with Crippen molar-refractivity contribution in [3.8, 4) is 17.6 Å². The summed E-state index contributed by atoms with van der Waals surface area (Å²) in [5.74, 6) is -4.83. The lowest BCUT2D eigenvalue weighted by Crippen LogP contribution is -2.21. The van der Waals surface area contributed by atoms with Crippen molar-refractivity contribution in [1.29, 1.82) is 5.26 Å². The smallest absolute Gasteiger partial charge is 0.262 e. The number of carbonyl (C=O) groups is 1. The summed E-state index contributed by atoms with van der Waals surface area (Å²) in [4.78, 5) is 11.8. The van der Waals surface area contributed by atoms with Crippen LogP contribution in [0.3, 0.4) is 0 Å². The third-order valence-corrected chi connectivity index (χ3v) is 3.04. The Bertz CT molecular complexity index is 835. The summed E-state index contributed by atoms with van der Waals surface area (Å²) in [5, 5.41) is 11.0. The Morgan fingerprint density at radius 1 is 1.12 bits per heavy atom. The molecule has 2 rings (SSSR count). The Hall–Kier alpha value is -3.21. The van der Waals surface area contributed by atoms with Crippen LogP contribution in [0.2, 0.25) is 0 Å². The van der Waals surface area contributed by atoms with Gasteiger partial charge in [0, 0.05) is 6.07 Å². The SMILES string of the molecule is CCOc1cc(C#N)ccc1OCC(=O)Nc1ccc(F)c(F)c1F. The fourth-order valence-electron chi connectivity index (χ4n) is 1.92. The number of rotatable bonds is 6. The molecule has 0 saturated heterocycles. The Morgan fingerprint density at radius 3 is 2.56 bits per heavy atom. The molecule has 0 radical (unpaired) electrons. The zero-order valence-corrected chi connectivity index (χ0v) is 13.1. The number of nitrogens with one attached hydrogen (secondary N) is 1. The van der Waals surface area contributed by atoms with Gasteiger partial charge in [-0.25, -0.2) is 13.2 Å². The van der Waals surface area contributed by atoms with Crippen LogP contribution in [0.5, 0.6) is 11.5 Å². The van der Waals surface area contributed by atoms with Crippen molar-refractivity contribution in [3.63, 3.8) is 0 Å². The second-order valence-corrected chi connectivity index (χ2v) is 4.77. The van der Waals surface area contributed by atoms with Crippen molar-refractivity contribution >= 4 is 11.6 Å². The molecule has 0 bridgehead atoms. The van der Waals surface area contributed by atoms with Crippen LogP contribution in [-0.4, -0.2) is 19.1 Å². The number of nitrogens with zero attached hydrogens (tertiary/aromatic N) is 1. The summed E-state index contributed by atoms with van der Waals surface area (Å²) in [6.45, 7) is 1.53. The monoisotopic (exact) mass is 350 g/mol. The maximum Gasteiger partial charge on any atom is 0.262 e. The first kappa shape index (κ1) is 18.1. The van der Waals surface area contributed by atoms with E-state index in [-0.39, 0.29) is 11.5 Å². The average Bonchev–Trinajstić information content (AvgIpc) is 2.61. The molecule has 2 aromatic rings. The van der Waals surface area contributed by atoms with E-state index in [1.165, 1.54) is 18.2 Å². The number of ether oxygens (including phenoxy) is 2. The van der Waals surface area contributed by atoms with Crippen LogP contribution in [-0.2, 0) is 4.79 Å². The highest BCUT2D eigenvalue weighted by molar-refractivity contribution is 5.92. The molecule has 0 heterocycles. The van der Waals surface area contributed by atoms with Crippen molar-refractivity contribution in [2.24, 2.45) is 0 Å². The van der Waals surface area contributed by atoms with E-state index in [0.717, 1.165) is 6.07 Å². The van der Waals surface area contributed by atoms with E-state index in [2.05, 4.69) is 5.32 Å². The van der Waals surface area contributed by atoms with Gasteiger partial charge in [-0.15, -0.1) is 0 Å². The van der Waals surface area contributed by atoms with Gasteiger partial charge in [0.1, 0.15) is 0 Å². The molecule has 0 saturated carbocycles. The molecule has 8 heteroatoms. The molecule has 0 aliphatic carbocycles. The lowest BCUT2D eigenvalue weighted by molar-refractivity contribution is -0.118. The minimum Gasteiger partial charge on any atom is -0.490 e. The number of anilines is 1. The van der Waals surface area contributed by atoms with Crippen molar-refractivity contribution in [2.45, 2.75) is 6.92 Å². The molecule has 5 nitrogen and oxygen atoms in total. The van der Waals surface area contributed by atoms with E-state index in [1.54, 1.807) is 6.92 Å². The molecule has 0 atom stereocenters. The van der Waals surface area contributed by atoms with Crippen LogP contribution in [0.25, 0.3) is 0 Å². The van der Waals surface area contributed by atoms with Crippen LogP contribution in [0.1, 0.15) is 12.5 Å². The van der Waals surface area contributed by atoms with Gasteiger partial charge in [-0.3, -0.25) is 4.79 Å². The highest BCUT2D eigenvalue weighted by Crippen LogP contribution is 2.28. The molecule has 0 aliphatic heterocycles. The number of hydrogen-bond acceptors (Lipinski definition) is 4. The second kappa shape index (κ2) is 8.06. The second-order valence-electron chi connectivity index (χ2n) is 4.77. The quantitative estimate of drug-likeness (QED) is 0.811. The normalized spacial score (nSPS) is 10.0. The van der Waals surface area contributed by atoms with Crippen molar-refractivity contribution in [2.75, 3.05) is 18.5 Å². The lowest BCUT2D eigenvalue weighted by atomic mass is 10.2. The molecule has 0 unspecified atom stereocenters. The first-order valence-corrected chi connectivity index (χ1v) is 7.19. The zero-order valence-electron chi connectivity index (χ0n) is 13.1. The van der Waals surface area contributed by atoms with Crippen molar-refractivity contribution in [3.05, 3.63) is 53.3 Å². The average molecular weight is 350 g/mol. The van der Waals surface area contributed by atoms with Gasteiger partial charge in [0.25, 0.3) is 5.91 Å². The van der Waals surface area contributed by atoms with Gasteiger partial charge in [0.05, 0.1) is 23.9 Å². The van der Waals surface area contributed by atoms with E-state index in [4.69, 9.17) is 14.7 Å². The predicted molar refractivity (Wildman–Crippen MR) is 82.8 cm³/mol. The van der Waals surface area contributed by atoms with E-state index < -0.39 is 35.7 Å². The van der Waals surface area contributed by atoms with Crippen LogP contribution >= 0.6 is 0 Å². The first-order chi connectivity index (χ1) is 12.0. The van der Waals surface area contributed by atoms with Crippen LogP contribution in [0, 0.1) is 28.8 Å². The van der Waals surface area contributed by atoms with Crippen molar-refractivity contribution < 1.29 is 27.4 Å². The summed E-state index contributed by atoms with van der Waals surface area (Å²) in [7, 11) is 0. The largest absolute Gasteiger partial charge is 0.490 e. The molecule has 0 aromatic heterocycles. The van der Waals surface area contributed by atoms with Gasteiger partial charge >= 0.3 is 0 Å².